The lowest BCUT2D eigenvalue weighted by Crippen LogP contribution is -2.27. The Hall–Kier alpha value is -2.91. The molecule has 4 rings (SSSR count). The zero-order valence-corrected chi connectivity index (χ0v) is 19.5. The van der Waals surface area contributed by atoms with Gasteiger partial charge in [-0.25, -0.2) is 14.8 Å². The van der Waals surface area contributed by atoms with Gasteiger partial charge in [0, 0.05) is 23.7 Å². The molecule has 0 aliphatic carbocycles. The maximum atomic E-state index is 12.2. The second kappa shape index (κ2) is 7.97. The fourth-order valence-corrected chi connectivity index (χ4v) is 5.11. The van der Waals surface area contributed by atoms with Crippen molar-refractivity contribution < 1.29 is 14.3 Å². The van der Waals surface area contributed by atoms with Crippen LogP contribution in [-0.4, -0.2) is 32.4 Å². The van der Waals surface area contributed by atoms with Crippen molar-refractivity contribution in [1.29, 1.82) is 0 Å². The van der Waals surface area contributed by atoms with Gasteiger partial charge in [0.05, 0.1) is 25.9 Å². The molecule has 1 aromatic carbocycles. The number of amides is 1. The van der Waals surface area contributed by atoms with Crippen LogP contribution in [0.4, 0.5) is 9.93 Å². The molecule has 0 aliphatic heterocycles. The number of fused-ring (bicyclic) bond motifs is 3. The third-order valence-corrected chi connectivity index (χ3v) is 6.56. The van der Waals surface area contributed by atoms with Crippen LogP contribution in [0.2, 0.25) is 0 Å². The second-order valence-electron chi connectivity index (χ2n) is 8.11. The smallest absolute Gasteiger partial charge is 0.413 e. The van der Waals surface area contributed by atoms with E-state index in [1.165, 1.54) is 22.7 Å². The molecule has 4 aromatic rings. The van der Waals surface area contributed by atoms with Gasteiger partial charge in [0.1, 0.15) is 11.3 Å². The molecule has 0 aliphatic rings. The van der Waals surface area contributed by atoms with E-state index in [1.807, 2.05) is 46.8 Å². The van der Waals surface area contributed by atoms with Crippen LogP contribution in [0.1, 0.15) is 50.2 Å². The largest absolute Gasteiger partial charge is 0.444 e. The molecule has 0 radical (unpaired) electrons. The summed E-state index contributed by atoms with van der Waals surface area (Å²) in [4.78, 5) is 37.7. The van der Waals surface area contributed by atoms with Crippen molar-refractivity contribution in [2.45, 2.75) is 46.6 Å². The number of nitrogens with one attached hydrogen (secondary N) is 1. The van der Waals surface area contributed by atoms with E-state index in [2.05, 4.69) is 20.3 Å². The first-order valence-electron chi connectivity index (χ1n) is 9.83. The number of ether oxygens (including phenoxy) is 1. The number of benzene rings is 1. The van der Waals surface area contributed by atoms with Crippen LogP contribution in [0, 0.1) is 6.92 Å². The number of anilines is 1. The maximum Gasteiger partial charge on any atom is 0.413 e. The highest BCUT2D eigenvalue weighted by molar-refractivity contribution is 7.28. The van der Waals surface area contributed by atoms with Gasteiger partial charge < -0.3 is 4.74 Å². The van der Waals surface area contributed by atoms with Crippen LogP contribution in [-0.2, 0) is 4.74 Å². The van der Waals surface area contributed by atoms with Gasteiger partial charge in [-0.2, -0.15) is 0 Å². The lowest BCUT2D eigenvalue weighted by Gasteiger charge is -2.18. The summed E-state index contributed by atoms with van der Waals surface area (Å²) in [6.45, 7) is 9.23. The summed E-state index contributed by atoms with van der Waals surface area (Å²) in [5, 5.41) is 3.19. The highest BCUT2D eigenvalue weighted by Gasteiger charge is 2.20. The number of carbonyl (C=O) groups excluding carboxylic acids is 2. The normalized spacial score (nSPS) is 11.8. The van der Waals surface area contributed by atoms with Gasteiger partial charge in [0.2, 0.25) is 0 Å². The lowest BCUT2D eigenvalue weighted by atomic mass is 10.00. The standard InChI is InChI=1S/C22H22N4O3S2/c1-6-16(27)14-7-11(2)13(9-23-14)12-8-15-18(19-17(12)24-10-30-19)31-20(25-15)26-21(28)29-22(3,4)5/h7-10H,6H2,1-5H3,(H,25,26,28). The number of pyridine rings is 1. The predicted octanol–water partition coefficient (Wildman–Crippen LogP) is 6.22. The van der Waals surface area contributed by atoms with Crippen molar-refractivity contribution >= 4 is 60.1 Å². The van der Waals surface area contributed by atoms with E-state index < -0.39 is 11.7 Å². The van der Waals surface area contributed by atoms with Crippen molar-refractivity contribution in [3.05, 3.63) is 35.1 Å². The van der Waals surface area contributed by atoms with E-state index in [4.69, 9.17) is 4.74 Å². The molecule has 9 heteroatoms. The van der Waals surface area contributed by atoms with Crippen molar-refractivity contribution in [2.24, 2.45) is 0 Å². The number of ketones is 1. The highest BCUT2D eigenvalue weighted by Crippen LogP contribution is 2.40. The van der Waals surface area contributed by atoms with Crippen LogP contribution in [0.3, 0.4) is 0 Å². The zero-order chi connectivity index (χ0) is 22.3. The minimum Gasteiger partial charge on any atom is -0.444 e. The van der Waals surface area contributed by atoms with Crippen molar-refractivity contribution in [3.63, 3.8) is 0 Å². The summed E-state index contributed by atoms with van der Waals surface area (Å²) in [6.07, 6.45) is 1.61. The zero-order valence-electron chi connectivity index (χ0n) is 17.9. The summed E-state index contributed by atoms with van der Waals surface area (Å²) in [7, 11) is 0. The average Bonchev–Trinajstić information content (AvgIpc) is 3.31. The van der Waals surface area contributed by atoms with E-state index in [9.17, 15) is 9.59 Å². The van der Waals surface area contributed by atoms with E-state index in [-0.39, 0.29) is 5.78 Å². The molecule has 0 spiro atoms. The first-order chi connectivity index (χ1) is 14.7. The Balaban J connectivity index is 1.78. The number of aryl methyl sites for hydroxylation is 1. The molecule has 7 nitrogen and oxygen atoms in total. The molecule has 160 valence electrons. The number of hydrogen-bond acceptors (Lipinski definition) is 8. The molecule has 1 amide bonds. The van der Waals surface area contributed by atoms with Gasteiger partial charge in [-0.1, -0.05) is 18.3 Å². The van der Waals surface area contributed by atoms with Gasteiger partial charge in [0.15, 0.2) is 10.9 Å². The minimum atomic E-state index is -0.589. The minimum absolute atomic E-state index is 0.0151. The first-order valence-corrected chi connectivity index (χ1v) is 11.5. The van der Waals surface area contributed by atoms with Gasteiger partial charge >= 0.3 is 6.09 Å². The SMILES string of the molecule is CCC(=O)c1cc(C)c(-c2cc3nc(NC(=O)OC(C)(C)C)sc3c3scnc23)cn1. The molecule has 0 atom stereocenters. The van der Waals surface area contributed by atoms with Crippen LogP contribution in [0.5, 0.6) is 0 Å². The fraction of sp³-hybridized carbons (Fsp3) is 0.318. The third-order valence-electron chi connectivity index (χ3n) is 4.58. The Morgan fingerprint density at radius 3 is 2.58 bits per heavy atom. The molecule has 0 bridgehead atoms. The van der Waals surface area contributed by atoms with E-state index >= 15 is 0 Å². The number of thiazole rings is 2. The molecule has 0 fully saturated rings. The summed E-state index contributed by atoms with van der Waals surface area (Å²) in [6, 6.07) is 3.78. The average molecular weight is 455 g/mol. The van der Waals surface area contributed by atoms with Crippen molar-refractivity contribution in [2.75, 3.05) is 5.32 Å². The maximum absolute atomic E-state index is 12.2. The molecule has 3 aromatic heterocycles. The monoisotopic (exact) mass is 454 g/mol. The Bertz CT molecular complexity index is 1320. The number of nitrogens with zero attached hydrogens (tertiary/aromatic N) is 3. The summed E-state index contributed by atoms with van der Waals surface area (Å²) in [5.74, 6) is 0.0151. The second-order valence-corrected chi connectivity index (χ2v) is 9.96. The van der Waals surface area contributed by atoms with Gasteiger partial charge in [-0.3, -0.25) is 15.1 Å². The quantitative estimate of drug-likeness (QED) is 0.368. The number of aromatic nitrogens is 3. The molecule has 3 heterocycles. The topological polar surface area (TPSA) is 94.1 Å². The predicted molar refractivity (Wildman–Crippen MR) is 125 cm³/mol. The van der Waals surface area contributed by atoms with E-state index in [0.717, 1.165) is 37.1 Å². The highest BCUT2D eigenvalue weighted by atomic mass is 32.1. The van der Waals surface area contributed by atoms with Crippen molar-refractivity contribution in [1.82, 2.24) is 15.0 Å². The number of rotatable bonds is 4. The van der Waals surface area contributed by atoms with Crippen LogP contribution >= 0.6 is 22.7 Å². The summed E-state index contributed by atoms with van der Waals surface area (Å²) < 4.78 is 7.28. The van der Waals surface area contributed by atoms with Gasteiger partial charge in [-0.15, -0.1) is 11.3 Å². The number of Topliss-reactive ketones (excluding diaryl/α,β-unsaturated/α-hetero) is 1. The first kappa shape index (κ1) is 21.3. The Labute approximate surface area is 187 Å². The number of hydrogen-bond donors (Lipinski definition) is 1. The Morgan fingerprint density at radius 2 is 1.90 bits per heavy atom. The van der Waals surface area contributed by atoms with E-state index in [1.54, 1.807) is 11.7 Å². The third kappa shape index (κ3) is 4.28. The lowest BCUT2D eigenvalue weighted by molar-refractivity contribution is 0.0635. The molecule has 31 heavy (non-hydrogen) atoms. The van der Waals surface area contributed by atoms with Gasteiger partial charge in [0.25, 0.3) is 0 Å². The van der Waals surface area contributed by atoms with Crippen LogP contribution in [0.25, 0.3) is 31.6 Å². The summed E-state index contributed by atoms with van der Waals surface area (Å²) in [5.41, 5.74) is 6.04. The van der Waals surface area contributed by atoms with Crippen LogP contribution < -0.4 is 5.32 Å². The summed E-state index contributed by atoms with van der Waals surface area (Å²) >= 11 is 2.92. The molecule has 1 N–H and O–H groups in total. The Morgan fingerprint density at radius 1 is 1.13 bits per heavy atom. The molecular formula is C22H22N4O3S2. The molecular weight excluding hydrogens is 432 g/mol. The van der Waals surface area contributed by atoms with Gasteiger partial charge in [-0.05, 0) is 45.4 Å². The fourth-order valence-electron chi connectivity index (χ4n) is 3.22. The van der Waals surface area contributed by atoms with E-state index in [0.29, 0.717) is 17.2 Å². The molecule has 0 saturated carbocycles. The Kier molecular flexibility index (Phi) is 5.49. The molecule has 0 saturated heterocycles. The van der Waals surface area contributed by atoms with Crippen molar-refractivity contribution in [3.8, 4) is 11.1 Å². The number of carbonyl (C=O) groups is 2. The van der Waals surface area contributed by atoms with Crippen LogP contribution in [0.15, 0.2) is 23.8 Å². The molecule has 0 unspecified atom stereocenters.